The van der Waals surface area contributed by atoms with Gasteiger partial charge in [-0.25, -0.2) is 8.42 Å². The number of benzene rings is 3. The minimum Gasteiger partial charge on any atom is -0.455 e. The average Bonchev–Trinajstić information content (AvgIpc) is 3.61. The molecular weight excluding hydrogens is 560 g/mol. The van der Waals surface area contributed by atoms with E-state index in [2.05, 4.69) is 4.98 Å². The van der Waals surface area contributed by atoms with Crippen LogP contribution in [0.3, 0.4) is 0 Å². The zero-order valence-corrected chi connectivity index (χ0v) is 25.8. The lowest BCUT2D eigenvalue weighted by Crippen LogP contribution is -2.28. The lowest BCUT2D eigenvalue weighted by molar-refractivity contribution is 0.0876. The Kier molecular flexibility index (Phi) is 7.50. The highest BCUT2D eigenvalue weighted by Crippen LogP contribution is 2.45. The van der Waals surface area contributed by atoms with E-state index in [-0.39, 0.29) is 23.4 Å². The number of fused-ring (bicyclic) bond motifs is 2. The third-order valence-electron chi connectivity index (χ3n) is 8.87. The second kappa shape index (κ2) is 11.2. The topological polar surface area (TPSA) is 100 Å². The van der Waals surface area contributed by atoms with Crippen LogP contribution in [0.5, 0.6) is 0 Å². The number of para-hydroxylation sites is 1. The maximum Gasteiger partial charge on any atom is 0.232 e. The Morgan fingerprint density at radius 2 is 1.77 bits per heavy atom. The molecular formula is C35H36N2O5S. The summed E-state index contributed by atoms with van der Waals surface area (Å²) in [5.74, 6) is 0.246. The molecule has 1 saturated carbocycles. The van der Waals surface area contributed by atoms with Crippen LogP contribution in [-0.4, -0.2) is 38.3 Å². The highest BCUT2D eigenvalue weighted by atomic mass is 32.2. The predicted molar refractivity (Wildman–Crippen MR) is 172 cm³/mol. The van der Waals surface area contributed by atoms with Gasteiger partial charge in [-0.2, -0.15) is 0 Å². The number of hydrogen-bond donors (Lipinski definition) is 1. The number of H-pyrrole nitrogens is 1. The van der Waals surface area contributed by atoms with E-state index in [9.17, 15) is 18.0 Å². The second-order valence-electron chi connectivity index (χ2n) is 11.8. The van der Waals surface area contributed by atoms with Gasteiger partial charge in [0.15, 0.2) is 11.6 Å². The van der Waals surface area contributed by atoms with Crippen molar-refractivity contribution >= 4 is 49.1 Å². The van der Waals surface area contributed by atoms with Gasteiger partial charge in [0.2, 0.25) is 10.0 Å². The normalized spacial score (nSPS) is 17.4. The molecule has 2 heterocycles. The molecule has 1 N–H and O–H groups in total. The summed E-state index contributed by atoms with van der Waals surface area (Å²) in [7, 11) is -2.06. The first kappa shape index (κ1) is 28.9. The molecule has 0 radical (unpaired) electrons. The molecule has 1 aliphatic carbocycles. The van der Waals surface area contributed by atoms with Crippen molar-refractivity contribution in [2.45, 2.75) is 51.9 Å². The number of furan rings is 1. The van der Waals surface area contributed by atoms with Gasteiger partial charge < -0.3 is 9.40 Å². The lowest BCUT2D eigenvalue weighted by Gasteiger charge is -2.31. The SMILES string of the molecule is CCC(=O)c1c(-c2ccc(C)cc2)oc2cc(N(C)S(C)(=O)=O)c([C@@H]3CCCC(C(=O)c4cc5ccccc5[nH]4)C3)cc12. The molecule has 7 nitrogen and oxygen atoms in total. The fraction of sp³-hybridized carbons (Fsp3) is 0.314. The predicted octanol–water partition coefficient (Wildman–Crippen LogP) is 8.03. The molecule has 0 aliphatic heterocycles. The number of ketones is 2. The second-order valence-corrected chi connectivity index (χ2v) is 13.8. The first-order valence-corrected chi connectivity index (χ1v) is 16.7. The van der Waals surface area contributed by atoms with Crippen molar-refractivity contribution in [1.29, 1.82) is 0 Å². The van der Waals surface area contributed by atoms with E-state index in [1.165, 1.54) is 17.6 Å². The lowest BCUT2D eigenvalue weighted by atomic mass is 9.75. The molecule has 8 heteroatoms. The largest absolute Gasteiger partial charge is 0.455 e. The Bertz CT molecular complexity index is 1930. The number of sulfonamides is 1. The summed E-state index contributed by atoms with van der Waals surface area (Å²) in [6, 6.07) is 21.3. The maximum atomic E-state index is 13.7. The minimum absolute atomic E-state index is 0.0417. The molecule has 43 heavy (non-hydrogen) atoms. The molecule has 1 unspecified atom stereocenters. The number of nitrogens with zero attached hydrogens (tertiary/aromatic N) is 1. The average molecular weight is 597 g/mol. The highest BCUT2D eigenvalue weighted by molar-refractivity contribution is 7.92. The van der Waals surface area contributed by atoms with Gasteiger partial charge in [-0.3, -0.25) is 13.9 Å². The van der Waals surface area contributed by atoms with E-state index >= 15 is 0 Å². The zero-order chi connectivity index (χ0) is 30.5. The minimum atomic E-state index is -3.60. The number of carbonyl (C=O) groups excluding carboxylic acids is 2. The van der Waals surface area contributed by atoms with E-state index in [1.807, 2.05) is 74.5 Å². The van der Waals surface area contributed by atoms with Gasteiger partial charge in [-0.15, -0.1) is 0 Å². The number of nitrogens with one attached hydrogen (secondary N) is 1. The summed E-state index contributed by atoms with van der Waals surface area (Å²) >= 11 is 0. The summed E-state index contributed by atoms with van der Waals surface area (Å²) in [6.45, 7) is 3.83. The van der Waals surface area contributed by atoms with Crippen LogP contribution in [0.1, 0.15) is 76.9 Å². The molecule has 2 atom stereocenters. The summed E-state index contributed by atoms with van der Waals surface area (Å²) in [5, 5.41) is 1.67. The summed E-state index contributed by atoms with van der Waals surface area (Å²) in [4.78, 5) is 30.4. The van der Waals surface area contributed by atoms with Gasteiger partial charge >= 0.3 is 0 Å². The highest BCUT2D eigenvalue weighted by Gasteiger charge is 2.33. The first-order valence-electron chi connectivity index (χ1n) is 14.8. The Morgan fingerprint density at radius 3 is 2.47 bits per heavy atom. The van der Waals surface area contributed by atoms with E-state index in [4.69, 9.17) is 4.42 Å². The molecule has 1 fully saturated rings. The number of Topliss-reactive ketones (excluding diaryl/α,β-unsaturated/α-hetero) is 2. The van der Waals surface area contributed by atoms with Crippen molar-refractivity contribution in [1.82, 2.24) is 4.98 Å². The summed E-state index contributed by atoms with van der Waals surface area (Å²) in [6.07, 6.45) is 4.49. The standard InChI is InChI=1S/C35H36N2O5S/c1-5-31(38)33-27-19-26(23-10-8-11-25(17-23)34(39)29-18-24-9-6-7-12-28(24)36-29)30(37(3)43(4,40)41)20-32(27)42-35(33)22-15-13-21(2)14-16-22/h6-7,9,12-16,18-20,23,25,36H,5,8,10-11,17H2,1-4H3/t23-,25?/m1/s1. The number of aryl methyl sites for hydroxylation is 1. The van der Waals surface area contributed by atoms with Gasteiger partial charge in [-0.05, 0) is 55.9 Å². The van der Waals surface area contributed by atoms with E-state index in [1.54, 1.807) is 6.07 Å². The Hall–Kier alpha value is -4.17. The Morgan fingerprint density at radius 1 is 1.02 bits per heavy atom. The van der Waals surface area contributed by atoms with Crippen molar-refractivity contribution in [3.8, 4) is 11.3 Å². The van der Waals surface area contributed by atoms with Crippen LogP contribution in [0.25, 0.3) is 33.2 Å². The third kappa shape index (κ3) is 5.40. The summed E-state index contributed by atoms with van der Waals surface area (Å²) in [5.41, 5.74) is 5.72. The maximum absolute atomic E-state index is 13.7. The Labute approximate surface area is 251 Å². The molecule has 0 spiro atoms. The molecule has 0 saturated heterocycles. The quantitative estimate of drug-likeness (QED) is 0.183. The molecule has 6 rings (SSSR count). The van der Waals surface area contributed by atoms with Crippen LogP contribution in [0.2, 0.25) is 0 Å². The van der Waals surface area contributed by atoms with E-state index < -0.39 is 10.0 Å². The van der Waals surface area contributed by atoms with E-state index in [0.29, 0.717) is 46.5 Å². The number of carbonyl (C=O) groups is 2. The molecule has 0 amide bonds. The van der Waals surface area contributed by atoms with Crippen molar-refractivity contribution in [2.75, 3.05) is 17.6 Å². The van der Waals surface area contributed by atoms with Crippen LogP contribution in [0.15, 0.2) is 71.1 Å². The van der Waals surface area contributed by atoms with Crippen molar-refractivity contribution in [3.63, 3.8) is 0 Å². The number of rotatable bonds is 8. The monoisotopic (exact) mass is 596 g/mol. The fourth-order valence-electron chi connectivity index (χ4n) is 6.43. The molecule has 5 aromatic rings. The van der Waals surface area contributed by atoms with Gasteiger partial charge in [0.1, 0.15) is 11.3 Å². The van der Waals surface area contributed by atoms with Crippen LogP contribution in [0, 0.1) is 12.8 Å². The number of aromatic nitrogens is 1. The third-order valence-corrected chi connectivity index (χ3v) is 10.1. The van der Waals surface area contributed by atoms with Crippen molar-refractivity contribution in [3.05, 3.63) is 89.1 Å². The molecule has 3 aromatic carbocycles. The van der Waals surface area contributed by atoms with Crippen LogP contribution in [0.4, 0.5) is 5.69 Å². The van der Waals surface area contributed by atoms with Gasteiger partial charge in [0.05, 0.1) is 23.2 Å². The number of anilines is 1. The smallest absolute Gasteiger partial charge is 0.232 e. The van der Waals surface area contributed by atoms with E-state index in [0.717, 1.165) is 46.9 Å². The Balaban J connectivity index is 1.46. The van der Waals surface area contributed by atoms with Gasteiger partial charge in [0.25, 0.3) is 0 Å². The molecule has 0 bridgehead atoms. The van der Waals surface area contributed by atoms with Gasteiger partial charge in [-0.1, -0.05) is 61.4 Å². The number of hydrogen-bond acceptors (Lipinski definition) is 5. The first-order chi connectivity index (χ1) is 20.5. The summed E-state index contributed by atoms with van der Waals surface area (Å²) < 4.78 is 33.2. The van der Waals surface area contributed by atoms with Crippen LogP contribution >= 0.6 is 0 Å². The molecule has 1 aliphatic rings. The zero-order valence-electron chi connectivity index (χ0n) is 24.9. The van der Waals surface area contributed by atoms with Crippen LogP contribution < -0.4 is 4.31 Å². The number of aromatic amines is 1. The molecule has 2 aromatic heterocycles. The van der Waals surface area contributed by atoms with Crippen molar-refractivity contribution < 1.29 is 22.4 Å². The van der Waals surface area contributed by atoms with Crippen molar-refractivity contribution in [2.24, 2.45) is 5.92 Å². The van der Waals surface area contributed by atoms with Gasteiger partial charge in [0, 0.05) is 47.3 Å². The molecule has 222 valence electrons. The fourth-order valence-corrected chi connectivity index (χ4v) is 6.94. The van der Waals surface area contributed by atoms with Crippen LogP contribution in [-0.2, 0) is 10.0 Å².